The van der Waals surface area contributed by atoms with Crippen LogP contribution in [0.25, 0.3) is 0 Å². The maximum absolute atomic E-state index is 12.2. The van der Waals surface area contributed by atoms with Gasteiger partial charge in [0.05, 0.1) is 16.1 Å². The summed E-state index contributed by atoms with van der Waals surface area (Å²) < 4.78 is 0. The molecule has 7 nitrogen and oxygen atoms in total. The Balaban J connectivity index is 2.36. The molecule has 2 amide bonds. The van der Waals surface area contributed by atoms with Crippen LogP contribution < -0.4 is 0 Å². The molecular weight excluding hydrogens is 264 g/mol. The van der Waals surface area contributed by atoms with Crippen LogP contribution in [-0.2, 0) is 0 Å². The smallest absolute Gasteiger partial charge is 0.282 e. The molecule has 1 aromatic rings. The van der Waals surface area contributed by atoms with Gasteiger partial charge in [-0.05, 0) is 26.3 Å². The Kier molecular flexibility index (Phi) is 3.31. The summed E-state index contributed by atoms with van der Waals surface area (Å²) >= 11 is 0. The van der Waals surface area contributed by atoms with Crippen molar-refractivity contribution in [3.63, 3.8) is 0 Å². The van der Waals surface area contributed by atoms with E-state index in [0.29, 0.717) is 0 Å². The number of amides is 2. The number of benzene rings is 1. The van der Waals surface area contributed by atoms with E-state index in [4.69, 9.17) is 0 Å². The molecule has 1 aromatic carbocycles. The largest absolute Gasteiger partial charge is 0.390 e. The molecule has 106 valence electrons. The molecule has 2 rings (SSSR count). The van der Waals surface area contributed by atoms with E-state index in [1.54, 1.807) is 13.8 Å². The first-order chi connectivity index (χ1) is 9.22. The van der Waals surface area contributed by atoms with Gasteiger partial charge in [0.15, 0.2) is 0 Å². The molecule has 0 bridgehead atoms. The van der Waals surface area contributed by atoms with Gasteiger partial charge in [0.25, 0.3) is 17.5 Å². The second-order valence-corrected chi connectivity index (χ2v) is 5.28. The monoisotopic (exact) mass is 278 g/mol. The maximum Gasteiger partial charge on any atom is 0.282 e. The normalized spacial score (nSPS) is 14.7. The Morgan fingerprint density at radius 3 is 2.50 bits per heavy atom. The Morgan fingerprint density at radius 1 is 1.30 bits per heavy atom. The van der Waals surface area contributed by atoms with Crippen molar-refractivity contribution >= 4 is 17.5 Å². The number of aliphatic hydroxyl groups is 1. The highest BCUT2D eigenvalue weighted by Gasteiger charge is 2.41. The fourth-order valence-corrected chi connectivity index (χ4v) is 2.06. The summed E-state index contributed by atoms with van der Waals surface area (Å²) in [6, 6.07) is 3.97. The highest BCUT2D eigenvalue weighted by Crippen LogP contribution is 2.31. The van der Waals surface area contributed by atoms with E-state index in [0.717, 1.165) is 4.90 Å². The SMILES string of the molecule is CC(C)(O)CCN1C(=O)c2cccc([N+](=O)[O-])c2C1=O. The van der Waals surface area contributed by atoms with Crippen molar-refractivity contribution in [3.05, 3.63) is 39.4 Å². The highest BCUT2D eigenvalue weighted by atomic mass is 16.6. The lowest BCUT2D eigenvalue weighted by Gasteiger charge is -2.20. The van der Waals surface area contributed by atoms with Crippen molar-refractivity contribution in [2.24, 2.45) is 0 Å². The zero-order valence-electron chi connectivity index (χ0n) is 11.1. The van der Waals surface area contributed by atoms with Crippen molar-refractivity contribution in [3.8, 4) is 0 Å². The van der Waals surface area contributed by atoms with Crippen LogP contribution in [-0.4, -0.2) is 38.9 Å². The summed E-state index contributed by atoms with van der Waals surface area (Å²) in [5.41, 5.74) is -1.52. The van der Waals surface area contributed by atoms with Gasteiger partial charge >= 0.3 is 0 Å². The van der Waals surface area contributed by atoms with Gasteiger partial charge in [-0.25, -0.2) is 0 Å². The second kappa shape index (κ2) is 4.68. The van der Waals surface area contributed by atoms with E-state index >= 15 is 0 Å². The maximum atomic E-state index is 12.2. The molecule has 7 heteroatoms. The molecule has 0 spiro atoms. The fourth-order valence-electron chi connectivity index (χ4n) is 2.06. The minimum Gasteiger partial charge on any atom is -0.390 e. The van der Waals surface area contributed by atoms with E-state index < -0.39 is 22.3 Å². The van der Waals surface area contributed by atoms with Gasteiger partial charge in [-0.3, -0.25) is 24.6 Å². The summed E-state index contributed by atoms with van der Waals surface area (Å²) in [5.74, 6) is -1.24. The van der Waals surface area contributed by atoms with Gasteiger partial charge in [-0.15, -0.1) is 0 Å². The Morgan fingerprint density at radius 2 is 1.95 bits per heavy atom. The number of nitro benzene ring substituents is 1. The summed E-state index contributed by atoms with van der Waals surface area (Å²) in [7, 11) is 0. The summed E-state index contributed by atoms with van der Waals surface area (Å²) in [4.78, 5) is 35.5. The van der Waals surface area contributed by atoms with Crippen molar-refractivity contribution in [1.29, 1.82) is 0 Å². The van der Waals surface area contributed by atoms with Gasteiger partial charge in [-0.1, -0.05) is 6.07 Å². The quantitative estimate of drug-likeness (QED) is 0.509. The predicted molar refractivity (Wildman–Crippen MR) is 69.4 cm³/mol. The first-order valence-electron chi connectivity index (χ1n) is 6.08. The highest BCUT2D eigenvalue weighted by molar-refractivity contribution is 6.23. The molecule has 0 saturated heterocycles. The average Bonchev–Trinajstić information content (AvgIpc) is 2.59. The van der Waals surface area contributed by atoms with Crippen LogP contribution >= 0.6 is 0 Å². The zero-order valence-corrected chi connectivity index (χ0v) is 11.1. The van der Waals surface area contributed by atoms with Gasteiger partial charge in [0.1, 0.15) is 5.56 Å². The molecule has 0 aromatic heterocycles. The minimum absolute atomic E-state index is 0.0208. The third-order valence-corrected chi connectivity index (χ3v) is 3.12. The molecule has 0 saturated carbocycles. The number of hydrogen-bond donors (Lipinski definition) is 1. The first kappa shape index (κ1) is 14.1. The van der Waals surface area contributed by atoms with Crippen LogP contribution in [0.3, 0.4) is 0 Å². The molecule has 1 heterocycles. The lowest BCUT2D eigenvalue weighted by molar-refractivity contribution is -0.385. The van der Waals surface area contributed by atoms with Crippen LogP contribution in [0.5, 0.6) is 0 Å². The number of imide groups is 1. The predicted octanol–water partition coefficient (Wildman–Crippen LogP) is 1.35. The lowest BCUT2D eigenvalue weighted by Crippen LogP contribution is -2.35. The number of rotatable bonds is 4. The number of hydrogen-bond acceptors (Lipinski definition) is 5. The van der Waals surface area contributed by atoms with Crippen molar-refractivity contribution < 1.29 is 19.6 Å². The van der Waals surface area contributed by atoms with Crippen LogP contribution in [0, 0.1) is 10.1 Å². The van der Waals surface area contributed by atoms with E-state index in [1.165, 1.54) is 18.2 Å². The van der Waals surface area contributed by atoms with Crippen molar-refractivity contribution in [2.45, 2.75) is 25.9 Å². The van der Waals surface area contributed by atoms with E-state index in [1.807, 2.05) is 0 Å². The van der Waals surface area contributed by atoms with Gasteiger partial charge in [0, 0.05) is 12.6 Å². The first-order valence-corrected chi connectivity index (χ1v) is 6.08. The van der Waals surface area contributed by atoms with Gasteiger partial charge < -0.3 is 5.11 Å². The minimum atomic E-state index is -1.03. The molecule has 1 aliphatic heterocycles. The van der Waals surface area contributed by atoms with Gasteiger partial charge in [-0.2, -0.15) is 0 Å². The summed E-state index contributed by atoms with van der Waals surface area (Å²) in [5, 5.41) is 20.6. The molecule has 20 heavy (non-hydrogen) atoms. The Bertz CT molecular complexity index is 603. The van der Waals surface area contributed by atoms with Crippen LogP contribution in [0.4, 0.5) is 5.69 Å². The fraction of sp³-hybridized carbons (Fsp3) is 0.385. The second-order valence-electron chi connectivity index (χ2n) is 5.28. The van der Waals surface area contributed by atoms with E-state index in [9.17, 15) is 24.8 Å². The summed E-state index contributed by atoms with van der Waals surface area (Å²) in [6.07, 6.45) is 0.201. The van der Waals surface area contributed by atoms with E-state index in [-0.39, 0.29) is 29.8 Å². The summed E-state index contributed by atoms with van der Waals surface area (Å²) in [6.45, 7) is 3.15. The number of fused-ring (bicyclic) bond motifs is 1. The average molecular weight is 278 g/mol. The van der Waals surface area contributed by atoms with Crippen LogP contribution in [0.2, 0.25) is 0 Å². The van der Waals surface area contributed by atoms with Crippen molar-refractivity contribution in [1.82, 2.24) is 4.90 Å². The number of nitrogens with zero attached hydrogens (tertiary/aromatic N) is 2. The third kappa shape index (κ3) is 2.39. The molecular formula is C13H14N2O5. The number of carbonyl (C=O) groups is 2. The Hall–Kier alpha value is -2.28. The number of carbonyl (C=O) groups excluding carboxylic acids is 2. The molecule has 0 radical (unpaired) electrons. The topological polar surface area (TPSA) is 101 Å². The third-order valence-electron chi connectivity index (χ3n) is 3.12. The number of nitro groups is 1. The molecule has 1 aliphatic rings. The molecule has 0 unspecified atom stereocenters. The van der Waals surface area contributed by atoms with Gasteiger partial charge in [0.2, 0.25) is 0 Å². The van der Waals surface area contributed by atoms with Crippen LogP contribution in [0.15, 0.2) is 18.2 Å². The molecule has 1 N–H and O–H groups in total. The van der Waals surface area contributed by atoms with Crippen LogP contribution in [0.1, 0.15) is 41.0 Å². The lowest BCUT2D eigenvalue weighted by atomic mass is 10.1. The molecule has 0 aliphatic carbocycles. The Labute approximate surface area is 115 Å². The zero-order chi connectivity index (χ0) is 15.1. The molecule has 0 fully saturated rings. The van der Waals surface area contributed by atoms with Crippen molar-refractivity contribution in [2.75, 3.05) is 6.54 Å². The molecule has 0 atom stereocenters. The van der Waals surface area contributed by atoms with E-state index in [2.05, 4.69) is 0 Å². The standard InChI is InChI=1S/C13H14N2O5/c1-13(2,18)6-7-14-11(16)8-4-3-5-9(15(19)20)10(8)12(14)17/h3-5,18H,6-7H2,1-2H3.